The SMILES string of the molecule is CCC(N)C(N1CCOCC1C(=O)NC(C)C)C(C)(C)C. The fourth-order valence-corrected chi connectivity index (χ4v) is 3.17. The van der Waals surface area contributed by atoms with Gasteiger partial charge in [-0.1, -0.05) is 27.7 Å². The molecule has 1 aliphatic heterocycles. The maximum Gasteiger partial charge on any atom is 0.239 e. The van der Waals surface area contributed by atoms with E-state index in [9.17, 15) is 4.79 Å². The summed E-state index contributed by atoms with van der Waals surface area (Å²) in [6.07, 6.45) is 0.901. The lowest BCUT2D eigenvalue weighted by Crippen LogP contribution is -2.64. The van der Waals surface area contributed by atoms with Crippen molar-refractivity contribution in [2.75, 3.05) is 19.8 Å². The van der Waals surface area contributed by atoms with Crippen molar-refractivity contribution in [2.24, 2.45) is 11.1 Å². The van der Waals surface area contributed by atoms with Gasteiger partial charge in [-0.2, -0.15) is 0 Å². The monoisotopic (exact) mass is 299 g/mol. The van der Waals surface area contributed by atoms with Crippen LogP contribution in [-0.2, 0) is 9.53 Å². The van der Waals surface area contributed by atoms with Gasteiger partial charge in [0.2, 0.25) is 5.91 Å². The number of nitrogens with one attached hydrogen (secondary N) is 1. The van der Waals surface area contributed by atoms with Crippen molar-refractivity contribution >= 4 is 5.91 Å². The molecule has 1 amide bonds. The second kappa shape index (κ2) is 7.56. The molecule has 0 radical (unpaired) electrons. The van der Waals surface area contributed by atoms with Gasteiger partial charge < -0.3 is 15.8 Å². The Balaban J connectivity index is 2.99. The standard InChI is InChI=1S/C16H33N3O2/c1-7-12(17)14(16(4,5)6)19-8-9-21-10-13(19)15(20)18-11(2)3/h11-14H,7-10,17H2,1-6H3,(H,18,20). The van der Waals surface area contributed by atoms with Crippen LogP contribution in [-0.4, -0.2) is 54.7 Å². The summed E-state index contributed by atoms with van der Waals surface area (Å²) in [6.45, 7) is 14.5. The molecule has 1 rings (SSSR count). The smallest absolute Gasteiger partial charge is 0.239 e. The molecule has 21 heavy (non-hydrogen) atoms. The number of amides is 1. The highest BCUT2D eigenvalue weighted by Gasteiger charge is 2.41. The van der Waals surface area contributed by atoms with Crippen LogP contribution in [0.4, 0.5) is 0 Å². The largest absolute Gasteiger partial charge is 0.378 e. The molecule has 0 aromatic carbocycles. The lowest BCUT2D eigenvalue weighted by molar-refractivity contribution is -0.138. The van der Waals surface area contributed by atoms with E-state index in [1.54, 1.807) is 0 Å². The quantitative estimate of drug-likeness (QED) is 0.804. The Hall–Kier alpha value is -0.650. The minimum absolute atomic E-state index is 0.0170. The van der Waals surface area contributed by atoms with Gasteiger partial charge in [-0.25, -0.2) is 0 Å². The predicted molar refractivity (Wildman–Crippen MR) is 86.1 cm³/mol. The molecule has 0 bridgehead atoms. The Labute approximate surface area is 129 Å². The van der Waals surface area contributed by atoms with E-state index in [0.29, 0.717) is 13.2 Å². The fourth-order valence-electron chi connectivity index (χ4n) is 3.17. The molecule has 0 aromatic heterocycles. The van der Waals surface area contributed by atoms with Gasteiger partial charge in [-0.15, -0.1) is 0 Å². The Morgan fingerprint density at radius 2 is 2.05 bits per heavy atom. The maximum absolute atomic E-state index is 12.5. The highest BCUT2D eigenvalue weighted by atomic mass is 16.5. The zero-order chi connectivity index (χ0) is 16.2. The minimum atomic E-state index is -0.247. The summed E-state index contributed by atoms with van der Waals surface area (Å²) in [5.74, 6) is 0.0438. The topological polar surface area (TPSA) is 67.6 Å². The number of carbonyl (C=O) groups is 1. The number of ether oxygens (including phenoxy) is 1. The molecule has 1 aliphatic rings. The Morgan fingerprint density at radius 1 is 1.43 bits per heavy atom. The first-order chi connectivity index (χ1) is 9.68. The zero-order valence-electron chi connectivity index (χ0n) is 14.5. The first-order valence-electron chi connectivity index (χ1n) is 8.08. The number of hydrogen-bond donors (Lipinski definition) is 2. The molecule has 1 heterocycles. The maximum atomic E-state index is 12.5. The van der Waals surface area contributed by atoms with Crippen LogP contribution in [0.1, 0.15) is 48.0 Å². The Morgan fingerprint density at radius 3 is 2.52 bits per heavy atom. The van der Waals surface area contributed by atoms with Crippen LogP contribution < -0.4 is 11.1 Å². The van der Waals surface area contributed by atoms with Crippen molar-refractivity contribution in [1.82, 2.24) is 10.2 Å². The van der Waals surface area contributed by atoms with Crippen LogP contribution in [0.3, 0.4) is 0 Å². The first kappa shape index (κ1) is 18.4. The number of morpholine rings is 1. The molecule has 3 unspecified atom stereocenters. The molecule has 0 spiro atoms. The molecule has 124 valence electrons. The van der Waals surface area contributed by atoms with Gasteiger partial charge in [0.15, 0.2) is 0 Å². The third-order valence-electron chi connectivity index (χ3n) is 4.03. The van der Waals surface area contributed by atoms with Crippen molar-refractivity contribution in [3.63, 3.8) is 0 Å². The van der Waals surface area contributed by atoms with Gasteiger partial charge in [-0.05, 0) is 25.7 Å². The van der Waals surface area contributed by atoms with E-state index in [1.807, 2.05) is 13.8 Å². The van der Waals surface area contributed by atoms with E-state index < -0.39 is 0 Å². The second-order valence-corrected chi connectivity index (χ2v) is 7.37. The number of nitrogens with zero attached hydrogens (tertiary/aromatic N) is 1. The third-order valence-corrected chi connectivity index (χ3v) is 4.03. The van der Waals surface area contributed by atoms with Crippen LogP contribution in [0, 0.1) is 5.41 Å². The first-order valence-corrected chi connectivity index (χ1v) is 8.08. The molecule has 5 heteroatoms. The molecule has 1 fully saturated rings. The number of carbonyl (C=O) groups excluding carboxylic acids is 1. The van der Waals surface area contributed by atoms with E-state index in [2.05, 4.69) is 37.9 Å². The number of rotatable bonds is 5. The Bertz CT molecular complexity index is 339. The summed E-state index contributed by atoms with van der Waals surface area (Å²) < 4.78 is 5.55. The summed E-state index contributed by atoms with van der Waals surface area (Å²) in [5.41, 5.74) is 6.40. The van der Waals surface area contributed by atoms with Crippen molar-refractivity contribution in [1.29, 1.82) is 0 Å². The van der Waals surface area contributed by atoms with Crippen LogP contribution in [0.25, 0.3) is 0 Å². The number of hydrogen-bond acceptors (Lipinski definition) is 4. The van der Waals surface area contributed by atoms with Gasteiger partial charge in [0.05, 0.1) is 13.2 Å². The number of nitrogens with two attached hydrogens (primary N) is 1. The summed E-state index contributed by atoms with van der Waals surface area (Å²) in [4.78, 5) is 14.7. The van der Waals surface area contributed by atoms with Crippen molar-refractivity contribution in [2.45, 2.75) is 72.1 Å². The summed E-state index contributed by atoms with van der Waals surface area (Å²) in [7, 11) is 0. The van der Waals surface area contributed by atoms with Gasteiger partial charge in [-0.3, -0.25) is 9.69 Å². The molecule has 3 N–H and O–H groups in total. The van der Waals surface area contributed by atoms with Crippen LogP contribution in [0.15, 0.2) is 0 Å². The van der Waals surface area contributed by atoms with E-state index in [0.717, 1.165) is 13.0 Å². The zero-order valence-corrected chi connectivity index (χ0v) is 14.5. The minimum Gasteiger partial charge on any atom is -0.378 e. The molecule has 5 nitrogen and oxygen atoms in total. The average Bonchev–Trinajstić information content (AvgIpc) is 2.36. The van der Waals surface area contributed by atoms with Gasteiger partial charge in [0.25, 0.3) is 0 Å². The lowest BCUT2D eigenvalue weighted by atomic mass is 9.79. The van der Waals surface area contributed by atoms with E-state index in [-0.39, 0.29) is 35.5 Å². The van der Waals surface area contributed by atoms with Crippen molar-refractivity contribution < 1.29 is 9.53 Å². The fraction of sp³-hybridized carbons (Fsp3) is 0.938. The van der Waals surface area contributed by atoms with Crippen LogP contribution in [0.5, 0.6) is 0 Å². The molecule has 3 atom stereocenters. The highest BCUT2D eigenvalue weighted by Crippen LogP contribution is 2.30. The molecule has 1 saturated heterocycles. The van der Waals surface area contributed by atoms with Crippen LogP contribution >= 0.6 is 0 Å². The van der Waals surface area contributed by atoms with Crippen molar-refractivity contribution in [3.05, 3.63) is 0 Å². The second-order valence-electron chi connectivity index (χ2n) is 7.37. The summed E-state index contributed by atoms with van der Waals surface area (Å²) in [6, 6.07) is 0.101. The normalized spacial score (nSPS) is 23.9. The highest BCUT2D eigenvalue weighted by molar-refractivity contribution is 5.82. The summed E-state index contributed by atoms with van der Waals surface area (Å²) in [5, 5.41) is 3.00. The van der Waals surface area contributed by atoms with Gasteiger partial charge in [0, 0.05) is 24.7 Å². The van der Waals surface area contributed by atoms with E-state index >= 15 is 0 Å². The molecular weight excluding hydrogens is 266 g/mol. The molecule has 0 saturated carbocycles. The average molecular weight is 299 g/mol. The van der Waals surface area contributed by atoms with Gasteiger partial charge in [0.1, 0.15) is 6.04 Å². The molecule has 0 aromatic rings. The van der Waals surface area contributed by atoms with Crippen molar-refractivity contribution in [3.8, 4) is 0 Å². The molecule has 0 aliphatic carbocycles. The lowest BCUT2D eigenvalue weighted by Gasteiger charge is -2.48. The van der Waals surface area contributed by atoms with Gasteiger partial charge >= 0.3 is 0 Å². The van der Waals surface area contributed by atoms with E-state index in [4.69, 9.17) is 10.5 Å². The molecular formula is C16H33N3O2. The predicted octanol–water partition coefficient (Wildman–Crippen LogP) is 1.36. The van der Waals surface area contributed by atoms with Crippen LogP contribution in [0.2, 0.25) is 0 Å². The summed E-state index contributed by atoms with van der Waals surface area (Å²) >= 11 is 0. The third kappa shape index (κ3) is 4.94. The van der Waals surface area contributed by atoms with E-state index in [1.165, 1.54) is 0 Å². The Kier molecular flexibility index (Phi) is 6.63.